The highest BCUT2D eigenvalue weighted by Crippen LogP contribution is 2.31. The van der Waals surface area contributed by atoms with Crippen LogP contribution in [-0.4, -0.2) is 41.1 Å². The first kappa shape index (κ1) is 26.0. The van der Waals surface area contributed by atoms with Gasteiger partial charge in [-0.1, -0.05) is 29.9 Å². The molecule has 0 heterocycles. The third-order valence-corrected chi connectivity index (χ3v) is 6.06. The van der Waals surface area contributed by atoms with E-state index >= 15 is 0 Å². The number of carbonyl (C=O) groups excluding carboxylic acids is 2. The summed E-state index contributed by atoms with van der Waals surface area (Å²) in [6, 6.07) is 0. The van der Waals surface area contributed by atoms with E-state index in [9.17, 15) is 28.6 Å². The van der Waals surface area contributed by atoms with Crippen molar-refractivity contribution in [2.75, 3.05) is 7.11 Å². The first-order valence-electron chi connectivity index (χ1n) is 11.4. The molecule has 1 saturated carbocycles. The zero-order valence-electron chi connectivity index (χ0n) is 18.7. The Morgan fingerprint density at radius 2 is 2.06 bits per heavy atom. The van der Waals surface area contributed by atoms with Crippen LogP contribution in [0.25, 0.3) is 0 Å². The largest absolute Gasteiger partial charge is 0.512 e. The van der Waals surface area contributed by atoms with Crippen LogP contribution in [0.4, 0.5) is 8.78 Å². The number of hydrogen-bond acceptors (Lipinski definition) is 5. The van der Waals surface area contributed by atoms with Crippen LogP contribution in [0.2, 0.25) is 0 Å². The van der Waals surface area contributed by atoms with Crippen molar-refractivity contribution in [3.8, 4) is 0 Å². The molecule has 0 bridgehead atoms. The summed E-state index contributed by atoms with van der Waals surface area (Å²) in [7, 11) is 1.22. The second-order valence-corrected chi connectivity index (χ2v) is 8.48. The number of aliphatic hydroxyl groups excluding tert-OH is 1. The molecule has 2 N–H and O–H groups in total. The smallest absolute Gasteiger partial charge is 0.337 e. The molecule has 0 saturated heterocycles. The highest BCUT2D eigenvalue weighted by molar-refractivity contribution is 5.98. The molecule has 0 aromatic carbocycles. The van der Waals surface area contributed by atoms with Crippen molar-refractivity contribution in [3.05, 3.63) is 47.3 Å². The van der Waals surface area contributed by atoms with Crippen LogP contribution >= 0.6 is 0 Å². The molecule has 0 radical (unpaired) electrons. The molecular weight excluding hydrogens is 418 g/mol. The second kappa shape index (κ2) is 12.7. The standard InChI is InChI=1S/C25H34F2O5/c1-32-23(30)22(19-12-9-14-20(19)28)21(29)13-5-3-2-4-8-16-25(31,24(26)27)17-15-18-10-6-7-11-18/h4,8,10,15,17,19,24,29,31H,2-3,5-7,9,11-14,16H2,1H3/b8-4+,17-15+,22-21?/t19-,25+/m0/s1. The quantitative estimate of drug-likeness (QED) is 0.134. The minimum absolute atomic E-state index is 0.0512. The Bertz CT molecular complexity index is 781. The molecule has 2 rings (SSSR count). The number of carbonyl (C=O) groups is 2. The summed E-state index contributed by atoms with van der Waals surface area (Å²) < 4.78 is 31.4. The molecular formula is C25H34F2O5. The van der Waals surface area contributed by atoms with Gasteiger partial charge in [0.15, 0.2) is 0 Å². The molecule has 0 unspecified atom stereocenters. The number of halogens is 2. The number of unbranched alkanes of at least 4 members (excludes halogenated alkanes) is 2. The van der Waals surface area contributed by atoms with Gasteiger partial charge in [-0.2, -0.15) is 0 Å². The summed E-state index contributed by atoms with van der Waals surface area (Å²) in [6.07, 6.45) is 11.5. The molecule has 32 heavy (non-hydrogen) atoms. The van der Waals surface area contributed by atoms with Gasteiger partial charge in [-0.3, -0.25) is 4.79 Å². The SMILES string of the molecule is COC(=O)C(=C(O)CCCC/C=C/C[C@@](O)(/C=C/C1=CCCC1)C(F)F)[C@H]1CCCC1=O. The molecule has 2 aliphatic rings. The van der Waals surface area contributed by atoms with E-state index in [1.807, 2.05) is 6.08 Å². The van der Waals surface area contributed by atoms with E-state index in [0.717, 1.165) is 24.8 Å². The fourth-order valence-electron chi connectivity index (χ4n) is 4.10. The molecule has 178 valence electrons. The first-order valence-corrected chi connectivity index (χ1v) is 11.4. The minimum Gasteiger partial charge on any atom is -0.512 e. The molecule has 1 fully saturated rings. The van der Waals surface area contributed by atoms with Gasteiger partial charge in [0.25, 0.3) is 6.43 Å². The van der Waals surface area contributed by atoms with Crippen LogP contribution in [0.1, 0.15) is 70.6 Å². The maximum atomic E-state index is 13.4. The summed E-state index contributed by atoms with van der Waals surface area (Å²) in [5.41, 5.74) is -1.15. The monoisotopic (exact) mass is 452 g/mol. The normalized spacial score (nSPS) is 22.0. The van der Waals surface area contributed by atoms with Gasteiger partial charge in [0.1, 0.15) is 17.1 Å². The van der Waals surface area contributed by atoms with E-state index in [1.54, 1.807) is 18.2 Å². The van der Waals surface area contributed by atoms with Crippen molar-refractivity contribution < 1.29 is 33.3 Å². The maximum Gasteiger partial charge on any atom is 0.337 e. The van der Waals surface area contributed by atoms with Crippen molar-refractivity contribution in [3.63, 3.8) is 0 Å². The molecule has 0 aromatic rings. The van der Waals surface area contributed by atoms with Crippen LogP contribution in [0.3, 0.4) is 0 Å². The Labute approximate surface area is 188 Å². The average molecular weight is 453 g/mol. The van der Waals surface area contributed by atoms with Gasteiger partial charge in [-0.15, -0.1) is 0 Å². The number of esters is 1. The van der Waals surface area contributed by atoms with E-state index in [-0.39, 0.29) is 30.0 Å². The lowest BCUT2D eigenvalue weighted by atomic mass is 9.93. The zero-order valence-corrected chi connectivity index (χ0v) is 18.7. The molecule has 2 aliphatic carbocycles. The Morgan fingerprint density at radius 3 is 2.66 bits per heavy atom. The van der Waals surface area contributed by atoms with E-state index < -0.39 is 23.9 Å². The van der Waals surface area contributed by atoms with Gasteiger partial charge < -0.3 is 14.9 Å². The Kier molecular flexibility index (Phi) is 10.3. The molecule has 5 nitrogen and oxygen atoms in total. The van der Waals surface area contributed by atoms with Gasteiger partial charge in [-0.25, -0.2) is 13.6 Å². The lowest BCUT2D eigenvalue weighted by Gasteiger charge is -2.22. The maximum absolute atomic E-state index is 13.4. The Morgan fingerprint density at radius 1 is 1.28 bits per heavy atom. The lowest BCUT2D eigenvalue weighted by molar-refractivity contribution is -0.138. The fourth-order valence-corrected chi connectivity index (χ4v) is 4.10. The predicted octanol–water partition coefficient (Wildman–Crippen LogP) is 5.51. The molecule has 7 heteroatoms. The van der Waals surface area contributed by atoms with E-state index in [1.165, 1.54) is 13.2 Å². The number of rotatable bonds is 12. The summed E-state index contributed by atoms with van der Waals surface area (Å²) in [5, 5.41) is 20.6. The highest BCUT2D eigenvalue weighted by atomic mass is 19.3. The third kappa shape index (κ3) is 7.40. The topological polar surface area (TPSA) is 83.8 Å². The van der Waals surface area contributed by atoms with Crippen LogP contribution in [0.5, 0.6) is 0 Å². The number of aliphatic hydroxyl groups is 2. The van der Waals surface area contributed by atoms with Gasteiger partial charge in [0, 0.05) is 19.3 Å². The van der Waals surface area contributed by atoms with Crippen molar-refractivity contribution >= 4 is 11.8 Å². The minimum atomic E-state index is -2.89. The van der Waals surface area contributed by atoms with E-state index in [4.69, 9.17) is 4.74 Å². The number of hydrogen-bond donors (Lipinski definition) is 2. The van der Waals surface area contributed by atoms with Crippen molar-refractivity contribution in [1.29, 1.82) is 0 Å². The molecule has 0 aromatic heterocycles. The number of allylic oxidation sites excluding steroid dienone is 5. The number of ketones is 1. The van der Waals surface area contributed by atoms with Crippen LogP contribution in [-0.2, 0) is 14.3 Å². The van der Waals surface area contributed by atoms with Crippen molar-refractivity contribution in [2.24, 2.45) is 5.92 Å². The number of alkyl halides is 2. The van der Waals surface area contributed by atoms with Crippen LogP contribution < -0.4 is 0 Å². The van der Waals surface area contributed by atoms with Crippen LogP contribution in [0.15, 0.2) is 47.3 Å². The third-order valence-electron chi connectivity index (χ3n) is 6.06. The number of methoxy groups -OCH3 is 1. The van der Waals surface area contributed by atoms with E-state index in [2.05, 4.69) is 0 Å². The summed E-state index contributed by atoms with van der Waals surface area (Å²) in [4.78, 5) is 24.0. The fraction of sp³-hybridized carbons (Fsp3) is 0.600. The number of ether oxygens (including phenoxy) is 1. The summed E-state index contributed by atoms with van der Waals surface area (Å²) in [5.74, 6) is -1.43. The predicted molar refractivity (Wildman–Crippen MR) is 118 cm³/mol. The van der Waals surface area contributed by atoms with Gasteiger partial charge in [-0.05, 0) is 57.4 Å². The van der Waals surface area contributed by atoms with Gasteiger partial charge in [0.05, 0.1) is 18.6 Å². The average Bonchev–Trinajstić information content (AvgIpc) is 3.43. The zero-order chi connectivity index (χ0) is 23.6. The first-order chi connectivity index (χ1) is 15.3. The molecule has 0 spiro atoms. The summed E-state index contributed by atoms with van der Waals surface area (Å²) >= 11 is 0. The lowest BCUT2D eigenvalue weighted by Crippen LogP contribution is -2.34. The van der Waals surface area contributed by atoms with E-state index in [0.29, 0.717) is 38.5 Å². The van der Waals surface area contributed by atoms with Crippen molar-refractivity contribution in [1.82, 2.24) is 0 Å². The van der Waals surface area contributed by atoms with Gasteiger partial charge >= 0.3 is 5.97 Å². The molecule has 2 atom stereocenters. The number of Topliss-reactive ketones (excluding diaryl/α,β-unsaturated/α-hetero) is 1. The Hall–Kier alpha value is -2.28. The summed E-state index contributed by atoms with van der Waals surface area (Å²) in [6.45, 7) is 0. The second-order valence-electron chi connectivity index (χ2n) is 8.48. The molecule has 0 aliphatic heterocycles. The van der Waals surface area contributed by atoms with Gasteiger partial charge in [0.2, 0.25) is 0 Å². The highest BCUT2D eigenvalue weighted by Gasteiger charge is 2.35. The Balaban J connectivity index is 1.82. The van der Waals surface area contributed by atoms with Crippen molar-refractivity contribution in [2.45, 2.75) is 82.7 Å². The van der Waals surface area contributed by atoms with Crippen LogP contribution in [0, 0.1) is 5.92 Å². The molecule has 0 amide bonds.